The Hall–Kier alpha value is -1.66. The van der Waals surface area contributed by atoms with Gasteiger partial charge >= 0.3 is 0 Å². The molecular formula is C27H41Cl2N3O2. The van der Waals surface area contributed by atoms with Gasteiger partial charge in [-0.1, -0.05) is 69.9 Å². The van der Waals surface area contributed by atoms with Gasteiger partial charge in [0, 0.05) is 5.02 Å². The SMILES string of the molecule is CCCCCCCCCCCOC[N+](C)(C)Cc1cc(N=Nc2ccc(Cl)cc2)ccc1O.[Cl-]. The van der Waals surface area contributed by atoms with Gasteiger partial charge in [0.15, 0.2) is 6.73 Å². The first kappa shape index (κ1) is 30.4. The fourth-order valence-electron chi connectivity index (χ4n) is 3.72. The van der Waals surface area contributed by atoms with Gasteiger partial charge in [0.2, 0.25) is 0 Å². The molecule has 1 N–H and O–H groups in total. The highest BCUT2D eigenvalue weighted by molar-refractivity contribution is 6.30. The summed E-state index contributed by atoms with van der Waals surface area (Å²) in [5.41, 5.74) is 2.27. The molecule has 0 saturated carbocycles. The number of phenolic OH excluding ortho intramolecular Hbond substituents is 1. The molecule has 2 aromatic rings. The first-order valence-corrected chi connectivity index (χ1v) is 12.7. The topological polar surface area (TPSA) is 54.2 Å². The maximum atomic E-state index is 10.3. The number of quaternary nitrogens is 1. The number of benzene rings is 2. The van der Waals surface area contributed by atoms with E-state index in [-0.39, 0.29) is 18.2 Å². The molecule has 0 spiro atoms. The van der Waals surface area contributed by atoms with Crippen LogP contribution in [0.25, 0.3) is 0 Å². The summed E-state index contributed by atoms with van der Waals surface area (Å²) >= 11 is 5.91. The summed E-state index contributed by atoms with van der Waals surface area (Å²) < 4.78 is 6.58. The van der Waals surface area contributed by atoms with Crippen LogP contribution in [0.3, 0.4) is 0 Å². The van der Waals surface area contributed by atoms with Crippen LogP contribution in [-0.2, 0) is 11.3 Å². The maximum absolute atomic E-state index is 10.3. The third-order valence-corrected chi connectivity index (χ3v) is 5.85. The van der Waals surface area contributed by atoms with Gasteiger partial charge < -0.3 is 26.7 Å². The summed E-state index contributed by atoms with van der Waals surface area (Å²) in [6, 6.07) is 12.5. The second kappa shape index (κ2) is 16.9. The highest BCUT2D eigenvalue weighted by Crippen LogP contribution is 2.27. The molecule has 0 unspecified atom stereocenters. The third-order valence-electron chi connectivity index (χ3n) is 5.60. The molecule has 0 radical (unpaired) electrons. The highest BCUT2D eigenvalue weighted by Gasteiger charge is 2.18. The number of azo groups is 1. The average molecular weight is 511 g/mol. The second-order valence-electron chi connectivity index (χ2n) is 9.45. The molecule has 0 amide bonds. The molecule has 0 bridgehead atoms. The van der Waals surface area contributed by atoms with E-state index in [2.05, 4.69) is 31.2 Å². The van der Waals surface area contributed by atoms with E-state index < -0.39 is 0 Å². The van der Waals surface area contributed by atoms with E-state index in [0.717, 1.165) is 24.3 Å². The van der Waals surface area contributed by atoms with E-state index in [4.69, 9.17) is 16.3 Å². The number of halogens is 2. The zero-order valence-corrected chi connectivity index (χ0v) is 22.5. The van der Waals surface area contributed by atoms with Crippen molar-refractivity contribution in [1.82, 2.24) is 0 Å². The Morgan fingerprint density at radius 2 is 1.38 bits per heavy atom. The van der Waals surface area contributed by atoms with Gasteiger partial charge in [-0.2, -0.15) is 10.2 Å². The first-order chi connectivity index (χ1) is 15.9. The normalized spacial score (nSPS) is 11.6. The number of nitrogens with zero attached hydrogens (tertiary/aromatic N) is 3. The Balaban J connectivity index is 0.00000578. The van der Waals surface area contributed by atoms with Gasteiger partial charge in [-0.25, -0.2) is 0 Å². The van der Waals surface area contributed by atoms with E-state index in [9.17, 15) is 5.11 Å². The Bertz CT molecular complexity index is 842. The lowest BCUT2D eigenvalue weighted by atomic mass is 10.1. The molecule has 5 nitrogen and oxygen atoms in total. The molecule has 0 heterocycles. The fourth-order valence-corrected chi connectivity index (χ4v) is 3.84. The molecule has 0 fully saturated rings. The lowest BCUT2D eigenvalue weighted by molar-refractivity contribution is -0.922. The van der Waals surface area contributed by atoms with Gasteiger partial charge in [0.1, 0.15) is 12.3 Å². The first-order valence-electron chi connectivity index (χ1n) is 12.3. The van der Waals surface area contributed by atoms with E-state index in [0.29, 0.717) is 28.5 Å². The Kier molecular flexibility index (Phi) is 15.1. The van der Waals surface area contributed by atoms with Crippen molar-refractivity contribution >= 4 is 23.0 Å². The van der Waals surface area contributed by atoms with E-state index in [1.54, 1.807) is 24.3 Å². The molecule has 2 rings (SSSR count). The Morgan fingerprint density at radius 3 is 2.03 bits per heavy atom. The van der Waals surface area contributed by atoms with Crippen molar-refractivity contribution in [3.05, 3.63) is 53.1 Å². The molecule has 0 aromatic heterocycles. The summed E-state index contributed by atoms with van der Waals surface area (Å²) in [5, 5.41) is 19.6. The van der Waals surface area contributed by atoms with Crippen LogP contribution >= 0.6 is 11.6 Å². The highest BCUT2D eigenvalue weighted by atomic mass is 35.5. The number of phenols is 1. The van der Waals surface area contributed by atoms with E-state index in [1.165, 1.54) is 51.4 Å². The number of hydrogen-bond donors (Lipinski definition) is 1. The zero-order chi connectivity index (χ0) is 23.9. The van der Waals surface area contributed by atoms with Gasteiger partial charge in [0.25, 0.3) is 0 Å². The van der Waals surface area contributed by atoms with Gasteiger partial charge in [-0.15, -0.1) is 0 Å². The van der Waals surface area contributed by atoms with Crippen molar-refractivity contribution in [3.8, 4) is 5.75 Å². The second-order valence-corrected chi connectivity index (χ2v) is 9.89. The summed E-state index contributed by atoms with van der Waals surface area (Å²) in [6.07, 6.45) is 11.8. The predicted octanol–water partition coefficient (Wildman–Crippen LogP) is 5.55. The summed E-state index contributed by atoms with van der Waals surface area (Å²) in [6.45, 7) is 4.30. The molecular weight excluding hydrogens is 469 g/mol. The van der Waals surface area contributed by atoms with Crippen LogP contribution < -0.4 is 12.4 Å². The minimum atomic E-state index is 0. The van der Waals surface area contributed by atoms with Crippen LogP contribution in [0.5, 0.6) is 5.75 Å². The van der Waals surface area contributed by atoms with Gasteiger partial charge in [-0.3, -0.25) is 0 Å². The minimum absolute atomic E-state index is 0. The van der Waals surface area contributed by atoms with Crippen LogP contribution in [0, 0.1) is 0 Å². The van der Waals surface area contributed by atoms with Gasteiger partial charge in [0.05, 0.1) is 37.6 Å². The monoisotopic (exact) mass is 509 g/mol. The number of unbranched alkanes of at least 4 members (excludes halogenated alkanes) is 8. The van der Waals surface area contributed by atoms with Crippen LogP contribution in [0.2, 0.25) is 5.02 Å². The molecule has 0 atom stereocenters. The molecule has 0 aliphatic rings. The van der Waals surface area contributed by atoms with Crippen molar-refractivity contribution < 1.29 is 26.7 Å². The van der Waals surface area contributed by atoms with E-state index >= 15 is 0 Å². The molecule has 2 aromatic carbocycles. The zero-order valence-electron chi connectivity index (χ0n) is 21.0. The fraction of sp³-hybridized carbons (Fsp3) is 0.556. The van der Waals surface area contributed by atoms with Crippen molar-refractivity contribution in [2.24, 2.45) is 10.2 Å². The largest absolute Gasteiger partial charge is 1.00 e. The van der Waals surface area contributed by atoms with Crippen LogP contribution in [0.1, 0.15) is 70.3 Å². The quantitative estimate of drug-likeness (QED) is 0.139. The molecule has 7 heteroatoms. The maximum Gasteiger partial charge on any atom is 0.182 e. The summed E-state index contributed by atoms with van der Waals surface area (Å²) in [5.74, 6) is 0.269. The standard InChI is InChI=1S/C27H40ClN3O2.ClH/c1-4-5-6-7-8-9-10-11-12-19-33-22-31(2,3)21-23-20-26(17-18-27(23)32)30-29-25-15-13-24(28)14-16-25;/h13-18,20H,4-12,19,21-22H2,1-3H3;1H. The lowest BCUT2D eigenvalue weighted by Gasteiger charge is -2.29. The number of aromatic hydroxyl groups is 1. The number of hydrogen-bond acceptors (Lipinski definition) is 4. The Morgan fingerprint density at radius 1 is 0.824 bits per heavy atom. The predicted molar refractivity (Wildman–Crippen MR) is 138 cm³/mol. The molecule has 0 aliphatic heterocycles. The Labute approximate surface area is 217 Å². The van der Waals surface area contributed by atoms with Crippen LogP contribution in [0.15, 0.2) is 52.7 Å². The van der Waals surface area contributed by atoms with Crippen molar-refractivity contribution in [2.75, 3.05) is 27.4 Å². The average Bonchev–Trinajstić information content (AvgIpc) is 2.79. The summed E-state index contributed by atoms with van der Waals surface area (Å²) in [4.78, 5) is 0. The lowest BCUT2D eigenvalue weighted by Crippen LogP contribution is -3.00. The number of ether oxygens (including phenoxy) is 1. The smallest absolute Gasteiger partial charge is 0.182 e. The molecule has 0 aliphatic carbocycles. The molecule has 34 heavy (non-hydrogen) atoms. The minimum Gasteiger partial charge on any atom is -1.00 e. The van der Waals surface area contributed by atoms with Gasteiger partial charge in [-0.05, 0) is 48.9 Å². The summed E-state index contributed by atoms with van der Waals surface area (Å²) in [7, 11) is 4.22. The molecule has 190 valence electrons. The van der Waals surface area contributed by atoms with E-state index in [1.807, 2.05) is 18.2 Å². The van der Waals surface area contributed by atoms with Crippen molar-refractivity contribution in [3.63, 3.8) is 0 Å². The van der Waals surface area contributed by atoms with Crippen LogP contribution in [0.4, 0.5) is 11.4 Å². The third kappa shape index (κ3) is 12.7. The molecule has 0 saturated heterocycles. The van der Waals surface area contributed by atoms with Crippen molar-refractivity contribution in [2.45, 2.75) is 71.3 Å². The number of rotatable bonds is 16. The van der Waals surface area contributed by atoms with Crippen molar-refractivity contribution in [1.29, 1.82) is 0 Å². The van der Waals surface area contributed by atoms with Crippen LogP contribution in [-0.4, -0.2) is 37.0 Å².